The first-order valence-electron chi connectivity index (χ1n) is 9.16. The van der Waals surface area contributed by atoms with Gasteiger partial charge in [-0.25, -0.2) is 14.5 Å². The Morgan fingerprint density at radius 3 is 2.80 bits per heavy atom. The molecule has 3 rings (SSSR count). The molecular weight excluding hydrogens is 386 g/mol. The van der Waals surface area contributed by atoms with E-state index in [2.05, 4.69) is 37.6 Å². The third-order valence-electron chi connectivity index (χ3n) is 3.84. The lowest BCUT2D eigenvalue weighted by atomic mass is 10.1. The van der Waals surface area contributed by atoms with Crippen LogP contribution >= 0.6 is 0 Å². The summed E-state index contributed by atoms with van der Waals surface area (Å²) in [6, 6.07) is 14.6. The van der Waals surface area contributed by atoms with Gasteiger partial charge in [-0.15, -0.1) is 11.7 Å². The van der Waals surface area contributed by atoms with Gasteiger partial charge in [-0.3, -0.25) is 5.32 Å². The first-order chi connectivity index (χ1) is 14.7. The minimum Gasteiger partial charge on any atom is -0.449 e. The van der Waals surface area contributed by atoms with Crippen molar-refractivity contribution in [1.82, 2.24) is 25.2 Å². The molecule has 0 atom stereocenters. The molecule has 0 spiro atoms. The molecule has 0 radical (unpaired) electrons. The highest BCUT2D eigenvalue weighted by Gasteiger charge is 2.14. The third kappa shape index (κ3) is 5.71. The fourth-order valence-corrected chi connectivity index (χ4v) is 2.42. The van der Waals surface area contributed by atoms with E-state index in [0.29, 0.717) is 29.5 Å². The number of aryl methyl sites for hydroxylation is 1. The fraction of sp³-hybridized carbons (Fsp3) is 0.200. The number of benzene rings is 1. The number of nitrogens with zero attached hydrogens (tertiary/aromatic N) is 6. The zero-order valence-corrected chi connectivity index (χ0v) is 16.4. The van der Waals surface area contributed by atoms with Gasteiger partial charge in [0.15, 0.2) is 12.3 Å². The average molecular weight is 407 g/mol. The molecule has 0 saturated heterocycles. The lowest BCUT2D eigenvalue weighted by Gasteiger charge is -2.08. The number of aromatic nitrogens is 5. The van der Waals surface area contributed by atoms with Crippen molar-refractivity contribution in [3.05, 3.63) is 78.3 Å². The minimum atomic E-state index is -0.582. The molecule has 0 aliphatic heterocycles. The number of carbonyl (C=O) groups excluding carboxylic acids is 1. The first kappa shape index (κ1) is 20.6. The van der Waals surface area contributed by atoms with Gasteiger partial charge in [0.1, 0.15) is 5.82 Å². The van der Waals surface area contributed by atoms with E-state index in [-0.39, 0.29) is 13.2 Å². The first-order valence-corrected chi connectivity index (χ1v) is 9.16. The quantitative estimate of drug-likeness (QED) is 0.251. The summed E-state index contributed by atoms with van der Waals surface area (Å²) in [6.07, 6.45) is 1.67. The number of amides is 1. The van der Waals surface area contributed by atoms with Crippen LogP contribution in [0.1, 0.15) is 23.5 Å². The smallest absolute Gasteiger partial charge is 0.412 e. The van der Waals surface area contributed by atoms with Crippen molar-refractivity contribution < 1.29 is 14.4 Å². The second-order valence-corrected chi connectivity index (χ2v) is 6.06. The van der Waals surface area contributed by atoms with Crippen molar-refractivity contribution >= 4 is 17.6 Å². The van der Waals surface area contributed by atoms with E-state index in [0.717, 1.165) is 5.56 Å². The van der Waals surface area contributed by atoms with Crippen molar-refractivity contribution in [3.63, 3.8) is 0 Å². The number of anilines is 1. The van der Waals surface area contributed by atoms with Crippen LogP contribution in [0.4, 0.5) is 10.6 Å². The molecule has 3 aromatic rings. The number of hydrogen-bond donors (Lipinski definition) is 1. The van der Waals surface area contributed by atoms with Gasteiger partial charge in [0.2, 0.25) is 5.82 Å². The Morgan fingerprint density at radius 1 is 1.23 bits per heavy atom. The number of rotatable bonds is 9. The van der Waals surface area contributed by atoms with Gasteiger partial charge in [-0.2, -0.15) is 0 Å². The molecule has 0 unspecified atom stereocenters. The summed E-state index contributed by atoms with van der Waals surface area (Å²) in [4.78, 5) is 21.6. The molecule has 10 heteroatoms. The summed E-state index contributed by atoms with van der Waals surface area (Å²) >= 11 is 0. The van der Waals surface area contributed by atoms with E-state index in [1.807, 2.05) is 30.3 Å². The second-order valence-electron chi connectivity index (χ2n) is 6.06. The SMILES string of the molecule is C=CCCOC(=O)Nc1cccc(CON=C(c2ccccc2)c2nnnn2C)n1. The van der Waals surface area contributed by atoms with Crippen LogP contribution in [0.3, 0.4) is 0 Å². The van der Waals surface area contributed by atoms with Crippen LogP contribution < -0.4 is 5.32 Å². The Hall–Kier alpha value is -4.08. The molecule has 10 nitrogen and oxygen atoms in total. The van der Waals surface area contributed by atoms with Gasteiger partial charge >= 0.3 is 6.09 Å². The molecule has 154 valence electrons. The predicted molar refractivity (Wildman–Crippen MR) is 110 cm³/mol. The predicted octanol–water partition coefficient (Wildman–Crippen LogP) is 2.70. The Labute approximate surface area is 173 Å². The summed E-state index contributed by atoms with van der Waals surface area (Å²) in [7, 11) is 1.72. The highest BCUT2D eigenvalue weighted by atomic mass is 16.6. The van der Waals surface area contributed by atoms with Gasteiger partial charge < -0.3 is 9.57 Å². The number of hydrogen-bond acceptors (Lipinski definition) is 8. The van der Waals surface area contributed by atoms with E-state index in [4.69, 9.17) is 9.57 Å². The summed E-state index contributed by atoms with van der Waals surface area (Å²) in [5.74, 6) is 0.816. The summed E-state index contributed by atoms with van der Waals surface area (Å²) in [5, 5.41) is 18.3. The maximum Gasteiger partial charge on any atom is 0.412 e. The summed E-state index contributed by atoms with van der Waals surface area (Å²) in [6.45, 7) is 3.92. The zero-order valence-electron chi connectivity index (χ0n) is 16.4. The molecule has 30 heavy (non-hydrogen) atoms. The number of ether oxygens (including phenoxy) is 1. The van der Waals surface area contributed by atoms with Gasteiger partial charge in [0.05, 0.1) is 12.3 Å². The fourth-order valence-electron chi connectivity index (χ4n) is 2.42. The molecule has 0 saturated carbocycles. The largest absolute Gasteiger partial charge is 0.449 e. The van der Waals surface area contributed by atoms with Gasteiger partial charge in [0, 0.05) is 12.6 Å². The van der Waals surface area contributed by atoms with Crippen molar-refractivity contribution in [2.24, 2.45) is 12.2 Å². The van der Waals surface area contributed by atoms with Crippen LogP contribution in [-0.2, 0) is 23.2 Å². The molecule has 0 bridgehead atoms. The Bertz CT molecular complexity index is 1020. The third-order valence-corrected chi connectivity index (χ3v) is 3.84. The zero-order chi connectivity index (χ0) is 21.2. The van der Waals surface area contributed by atoms with Gasteiger partial charge in [-0.1, -0.05) is 47.6 Å². The number of tetrazole rings is 1. The highest BCUT2D eigenvalue weighted by Crippen LogP contribution is 2.10. The van der Waals surface area contributed by atoms with Crippen LogP contribution in [0.25, 0.3) is 0 Å². The van der Waals surface area contributed by atoms with Crippen LogP contribution in [-0.4, -0.2) is 43.6 Å². The highest BCUT2D eigenvalue weighted by molar-refractivity contribution is 6.10. The normalized spacial score (nSPS) is 11.0. The molecule has 2 aromatic heterocycles. The molecule has 1 aromatic carbocycles. The number of pyridine rings is 1. The average Bonchev–Trinajstić information content (AvgIpc) is 3.18. The van der Waals surface area contributed by atoms with Crippen LogP contribution in [0.2, 0.25) is 0 Å². The van der Waals surface area contributed by atoms with Crippen LogP contribution in [0.15, 0.2) is 66.3 Å². The number of carbonyl (C=O) groups is 1. The van der Waals surface area contributed by atoms with Crippen molar-refractivity contribution in [2.45, 2.75) is 13.0 Å². The van der Waals surface area contributed by atoms with Crippen molar-refractivity contribution in [3.8, 4) is 0 Å². The monoisotopic (exact) mass is 407 g/mol. The maximum absolute atomic E-state index is 11.7. The number of oxime groups is 1. The summed E-state index contributed by atoms with van der Waals surface area (Å²) < 4.78 is 6.51. The molecule has 1 N–H and O–H groups in total. The van der Waals surface area contributed by atoms with Gasteiger partial charge in [-0.05, 0) is 29.0 Å². The van der Waals surface area contributed by atoms with E-state index in [9.17, 15) is 4.79 Å². The van der Waals surface area contributed by atoms with Crippen LogP contribution in [0, 0.1) is 0 Å². The molecule has 0 aliphatic carbocycles. The van der Waals surface area contributed by atoms with E-state index in [1.54, 1.807) is 31.3 Å². The van der Waals surface area contributed by atoms with E-state index >= 15 is 0 Å². The topological polar surface area (TPSA) is 116 Å². The molecule has 0 aliphatic rings. The van der Waals surface area contributed by atoms with E-state index < -0.39 is 6.09 Å². The Morgan fingerprint density at radius 2 is 2.07 bits per heavy atom. The minimum absolute atomic E-state index is 0.0860. The lowest BCUT2D eigenvalue weighted by molar-refractivity contribution is 0.128. The van der Waals surface area contributed by atoms with Gasteiger partial charge in [0.25, 0.3) is 0 Å². The Kier molecular flexibility index (Phi) is 7.20. The van der Waals surface area contributed by atoms with E-state index in [1.165, 1.54) is 4.68 Å². The molecule has 1 amide bonds. The molecule has 2 heterocycles. The Balaban J connectivity index is 1.67. The molecule has 0 fully saturated rings. The van der Waals surface area contributed by atoms with Crippen LogP contribution in [0.5, 0.6) is 0 Å². The lowest BCUT2D eigenvalue weighted by Crippen LogP contribution is -2.15. The molecular formula is C20H21N7O3. The van der Waals surface area contributed by atoms with Crippen molar-refractivity contribution in [2.75, 3.05) is 11.9 Å². The second kappa shape index (κ2) is 10.5. The number of nitrogens with one attached hydrogen (secondary N) is 1. The van der Waals surface area contributed by atoms with Crippen molar-refractivity contribution in [1.29, 1.82) is 0 Å². The standard InChI is InChI=1S/C20H21N7O3/c1-3-4-13-29-20(28)22-17-12-8-11-16(21-17)14-30-24-18(15-9-6-5-7-10-15)19-23-25-26-27(19)2/h3,5-12H,1,4,13-14H2,2H3,(H,21,22,28). The maximum atomic E-state index is 11.7. The summed E-state index contributed by atoms with van der Waals surface area (Å²) in [5.41, 5.74) is 1.87.